The molecular formula is C16H30N2O2. The maximum atomic E-state index is 12.4. The normalized spacial score (nSPS) is 37.4. The highest BCUT2D eigenvalue weighted by atomic mass is 16.3. The molecule has 2 fully saturated rings. The Morgan fingerprint density at radius 2 is 2.10 bits per heavy atom. The van der Waals surface area contributed by atoms with E-state index in [1.807, 2.05) is 0 Å². The van der Waals surface area contributed by atoms with Gasteiger partial charge in [-0.3, -0.25) is 4.79 Å². The Morgan fingerprint density at radius 1 is 1.35 bits per heavy atom. The van der Waals surface area contributed by atoms with Gasteiger partial charge in [-0.25, -0.2) is 0 Å². The molecular weight excluding hydrogens is 252 g/mol. The second-order valence-corrected chi connectivity index (χ2v) is 7.62. The maximum Gasteiger partial charge on any atom is 0.237 e. The van der Waals surface area contributed by atoms with E-state index in [-0.39, 0.29) is 17.4 Å². The fraction of sp³-hybridized carbons (Fsp3) is 0.938. The minimum Gasteiger partial charge on any atom is -0.388 e. The van der Waals surface area contributed by atoms with E-state index in [0.29, 0.717) is 12.5 Å². The van der Waals surface area contributed by atoms with Crippen molar-refractivity contribution in [1.29, 1.82) is 0 Å². The van der Waals surface area contributed by atoms with Crippen molar-refractivity contribution >= 4 is 5.91 Å². The Labute approximate surface area is 122 Å². The van der Waals surface area contributed by atoms with Crippen LogP contribution >= 0.6 is 0 Å². The molecule has 0 spiro atoms. The number of rotatable bonds is 3. The molecule has 0 bridgehead atoms. The van der Waals surface area contributed by atoms with E-state index in [0.717, 1.165) is 38.6 Å². The predicted molar refractivity (Wildman–Crippen MR) is 80.4 cm³/mol. The summed E-state index contributed by atoms with van der Waals surface area (Å²) >= 11 is 0. The van der Waals surface area contributed by atoms with Gasteiger partial charge < -0.3 is 15.7 Å². The van der Waals surface area contributed by atoms with Crippen LogP contribution in [0.5, 0.6) is 0 Å². The predicted octanol–water partition coefficient (Wildman–Crippen LogP) is 1.82. The van der Waals surface area contributed by atoms with E-state index >= 15 is 0 Å². The summed E-state index contributed by atoms with van der Waals surface area (Å²) in [4.78, 5) is 12.4. The lowest BCUT2D eigenvalue weighted by Gasteiger charge is -2.40. The zero-order chi connectivity index (χ0) is 14.8. The average molecular weight is 282 g/mol. The largest absolute Gasteiger partial charge is 0.388 e. The van der Waals surface area contributed by atoms with Crippen LogP contribution < -0.4 is 10.6 Å². The summed E-state index contributed by atoms with van der Waals surface area (Å²) in [7, 11) is 0. The van der Waals surface area contributed by atoms with Crippen molar-refractivity contribution in [1.82, 2.24) is 10.6 Å². The quantitative estimate of drug-likeness (QED) is 0.740. The van der Waals surface area contributed by atoms with Gasteiger partial charge in [0.25, 0.3) is 0 Å². The summed E-state index contributed by atoms with van der Waals surface area (Å²) in [6.45, 7) is 7.76. The lowest BCUT2D eigenvalue weighted by Crippen LogP contribution is -2.57. The molecule has 1 saturated heterocycles. The van der Waals surface area contributed by atoms with Crippen LogP contribution in [0, 0.1) is 11.3 Å². The van der Waals surface area contributed by atoms with Crippen LogP contribution in [0.3, 0.4) is 0 Å². The van der Waals surface area contributed by atoms with Crippen LogP contribution in [-0.2, 0) is 4.79 Å². The Bertz CT molecular complexity index is 356. The Hall–Kier alpha value is -0.610. The molecule has 1 aliphatic heterocycles. The molecule has 0 aromatic rings. The fourth-order valence-electron chi connectivity index (χ4n) is 3.81. The summed E-state index contributed by atoms with van der Waals surface area (Å²) in [5, 5.41) is 16.9. The molecule has 3 atom stereocenters. The molecule has 2 aliphatic rings. The third kappa shape index (κ3) is 3.73. The molecule has 4 heteroatoms. The van der Waals surface area contributed by atoms with Crippen molar-refractivity contribution in [2.45, 2.75) is 70.9 Å². The van der Waals surface area contributed by atoms with Gasteiger partial charge in [0.15, 0.2) is 0 Å². The molecule has 1 aliphatic carbocycles. The van der Waals surface area contributed by atoms with Crippen molar-refractivity contribution in [3.63, 3.8) is 0 Å². The summed E-state index contributed by atoms with van der Waals surface area (Å²) in [6.07, 6.45) is 6.04. The summed E-state index contributed by atoms with van der Waals surface area (Å²) in [5.74, 6) is 0.594. The summed E-state index contributed by atoms with van der Waals surface area (Å²) in [5.41, 5.74) is -0.711. The molecule has 1 amide bonds. The van der Waals surface area contributed by atoms with Crippen LogP contribution in [0.4, 0.5) is 0 Å². The number of piperidine rings is 1. The van der Waals surface area contributed by atoms with Gasteiger partial charge in [-0.2, -0.15) is 0 Å². The van der Waals surface area contributed by atoms with E-state index in [9.17, 15) is 9.90 Å². The van der Waals surface area contributed by atoms with Gasteiger partial charge in [0.1, 0.15) is 0 Å². The SMILES string of the molecule is CC1CCCC(O)(CNC(=O)C2NCCCC2(C)C)C1. The van der Waals surface area contributed by atoms with Gasteiger partial charge in [-0.15, -0.1) is 0 Å². The Kier molecular flexibility index (Phi) is 4.75. The van der Waals surface area contributed by atoms with E-state index in [4.69, 9.17) is 0 Å². The van der Waals surface area contributed by atoms with Crippen LogP contribution in [-0.4, -0.2) is 35.7 Å². The van der Waals surface area contributed by atoms with E-state index in [1.165, 1.54) is 6.42 Å². The number of amides is 1. The second-order valence-electron chi connectivity index (χ2n) is 7.62. The molecule has 116 valence electrons. The summed E-state index contributed by atoms with van der Waals surface area (Å²) in [6, 6.07) is -0.138. The standard InChI is InChI=1S/C16H30N2O2/c1-12-6-4-8-16(20,10-12)11-18-14(19)13-15(2,3)7-5-9-17-13/h12-13,17,20H,4-11H2,1-3H3,(H,18,19). The number of carbonyl (C=O) groups is 1. The van der Waals surface area contributed by atoms with E-state index < -0.39 is 5.60 Å². The van der Waals surface area contributed by atoms with Gasteiger partial charge in [-0.05, 0) is 43.6 Å². The first-order chi connectivity index (χ1) is 9.32. The smallest absolute Gasteiger partial charge is 0.237 e. The molecule has 3 N–H and O–H groups in total. The second kappa shape index (κ2) is 6.02. The monoisotopic (exact) mass is 282 g/mol. The Balaban J connectivity index is 1.88. The third-order valence-electron chi connectivity index (χ3n) is 5.05. The number of aliphatic hydroxyl groups is 1. The van der Waals surface area contributed by atoms with Crippen molar-refractivity contribution < 1.29 is 9.90 Å². The highest BCUT2D eigenvalue weighted by Crippen LogP contribution is 2.32. The Morgan fingerprint density at radius 3 is 2.75 bits per heavy atom. The third-order valence-corrected chi connectivity index (χ3v) is 5.05. The van der Waals surface area contributed by atoms with E-state index in [2.05, 4.69) is 31.4 Å². The first kappa shape index (κ1) is 15.8. The van der Waals surface area contributed by atoms with Gasteiger partial charge in [0.2, 0.25) is 5.91 Å². The molecule has 0 radical (unpaired) electrons. The summed E-state index contributed by atoms with van der Waals surface area (Å²) < 4.78 is 0. The zero-order valence-electron chi connectivity index (χ0n) is 13.2. The number of nitrogens with one attached hydrogen (secondary N) is 2. The highest BCUT2D eigenvalue weighted by Gasteiger charge is 2.39. The van der Waals surface area contributed by atoms with Crippen LogP contribution in [0.15, 0.2) is 0 Å². The first-order valence-corrected chi connectivity index (χ1v) is 8.06. The number of hydrogen-bond donors (Lipinski definition) is 3. The van der Waals surface area contributed by atoms with Gasteiger partial charge in [0, 0.05) is 6.54 Å². The molecule has 20 heavy (non-hydrogen) atoms. The number of carbonyl (C=O) groups excluding carboxylic acids is 1. The zero-order valence-corrected chi connectivity index (χ0v) is 13.2. The van der Waals surface area contributed by atoms with Crippen LogP contribution in [0.2, 0.25) is 0 Å². The van der Waals surface area contributed by atoms with Crippen LogP contribution in [0.1, 0.15) is 59.3 Å². The molecule has 3 unspecified atom stereocenters. The lowest BCUT2D eigenvalue weighted by molar-refractivity contribution is -0.128. The molecule has 0 aromatic heterocycles. The number of hydrogen-bond acceptors (Lipinski definition) is 3. The minimum absolute atomic E-state index is 0.00912. The van der Waals surface area contributed by atoms with Crippen molar-refractivity contribution in [2.24, 2.45) is 11.3 Å². The molecule has 0 aromatic carbocycles. The maximum absolute atomic E-state index is 12.4. The van der Waals surface area contributed by atoms with Crippen LogP contribution in [0.25, 0.3) is 0 Å². The van der Waals surface area contributed by atoms with Gasteiger partial charge in [0.05, 0.1) is 11.6 Å². The average Bonchev–Trinajstić information content (AvgIpc) is 2.35. The molecule has 2 rings (SSSR count). The fourth-order valence-corrected chi connectivity index (χ4v) is 3.81. The van der Waals surface area contributed by atoms with Crippen molar-refractivity contribution in [3.05, 3.63) is 0 Å². The lowest BCUT2D eigenvalue weighted by atomic mass is 9.76. The molecule has 1 saturated carbocycles. The van der Waals surface area contributed by atoms with Gasteiger partial charge >= 0.3 is 0 Å². The minimum atomic E-state index is -0.702. The van der Waals surface area contributed by atoms with Crippen molar-refractivity contribution in [2.75, 3.05) is 13.1 Å². The van der Waals surface area contributed by atoms with Gasteiger partial charge in [-0.1, -0.05) is 33.6 Å². The molecule has 4 nitrogen and oxygen atoms in total. The van der Waals surface area contributed by atoms with E-state index in [1.54, 1.807) is 0 Å². The van der Waals surface area contributed by atoms with Crippen molar-refractivity contribution in [3.8, 4) is 0 Å². The highest BCUT2D eigenvalue weighted by molar-refractivity contribution is 5.82. The first-order valence-electron chi connectivity index (χ1n) is 8.06. The topological polar surface area (TPSA) is 61.4 Å². The molecule has 1 heterocycles.